The van der Waals surface area contributed by atoms with Crippen molar-refractivity contribution >= 4 is 10.9 Å². The predicted octanol–water partition coefficient (Wildman–Crippen LogP) is 2.00. The predicted molar refractivity (Wildman–Crippen MR) is 64.1 cm³/mol. The number of aromatic amines is 1. The van der Waals surface area contributed by atoms with E-state index in [0.717, 1.165) is 22.2 Å². The van der Waals surface area contributed by atoms with Crippen LogP contribution in [-0.2, 0) is 6.42 Å². The molecule has 3 nitrogen and oxygen atoms in total. The summed E-state index contributed by atoms with van der Waals surface area (Å²) in [6.07, 6.45) is 0.894. The first kappa shape index (κ1) is 10.7. The lowest BCUT2D eigenvalue weighted by Gasteiger charge is -2.32. The largest absolute Gasteiger partial charge is 0.376 e. The third-order valence-corrected chi connectivity index (χ3v) is 3.54. The molecule has 90 valence electrons. The van der Waals surface area contributed by atoms with Gasteiger partial charge in [0.1, 0.15) is 11.5 Å². The molecule has 2 unspecified atom stereocenters. The molecular formula is C13H15FN2O. The van der Waals surface area contributed by atoms with E-state index in [1.165, 1.54) is 12.1 Å². The summed E-state index contributed by atoms with van der Waals surface area (Å²) >= 11 is 0. The van der Waals surface area contributed by atoms with Gasteiger partial charge < -0.3 is 15.8 Å². The van der Waals surface area contributed by atoms with Crippen LogP contribution in [-0.4, -0.2) is 15.8 Å². The second-order valence-electron chi connectivity index (χ2n) is 5.09. The molecule has 1 aromatic heterocycles. The van der Waals surface area contributed by atoms with E-state index in [4.69, 9.17) is 5.73 Å². The smallest absolute Gasteiger partial charge is 0.123 e. The van der Waals surface area contributed by atoms with Crippen LogP contribution in [0.3, 0.4) is 0 Å². The third kappa shape index (κ3) is 1.64. The minimum atomic E-state index is -1.19. The zero-order valence-corrected chi connectivity index (χ0v) is 9.63. The number of hydrogen-bond donors (Lipinski definition) is 3. The molecule has 17 heavy (non-hydrogen) atoms. The molecule has 1 aliphatic rings. The van der Waals surface area contributed by atoms with Crippen molar-refractivity contribution < 1.29 is 9.50 Å². The molecule has 0 aliphatic heterocycles. The molecule has 0 spiro atoms. The molecular weight excluding hydrogens is 219 g/mol. The summed E-state index contributed by atoms with van der Waals surface area (Å²) in [4.78, 5) is 3.30. The lowest BCUT2D eigenvalue weighted by molar-refractivity contribution is 0.0258. The van der Waals surface area contributed by atoms with Crippen molar-refractivity contribution in [1.29, 1.82) is 0 Å². The normalized spacial score (nSPS) is 28.4. The van der Waals surface area contributed by atoms with Crippen LogP contribution >= 0.6 is 0 Å². The van der Waals surface area contributed by atoms with Crippen molar-refractivity contribution in [2.45, 2.75) is 31.4 Å². The SMILES string of the molecule is CC1CC(N)(O)Cc2c1[nH]c1ccc(F)cc21. The van der Waals surface area contributed by atoms with Crippen molar-refractivity contribution in [1.82, 2.24) is 4.98 Å². The summed E-state index contributed by atoms with van der Waals surface area (Å²) in [5.41, 5.74) is 7.55. The van der Waals surface area contributed by atoms with Gasteiger partial charge in [-0.1, -0.05) is 6.92 Å². The van der Waals surface area contributed by atoms with Gasteiger partial charge in [0.25, 0.3) is 0 Å². The first-order valence-corrected chi connectivity index (χ1v) is 5.77. The van der Waals surface area contributed by atoms with Gasteiger partial charge >= 0.3 is 0 Å². The van der Waals surface area contributed by atoms with Gasteiger partial charge in [-0.2, -0.15) is 0 Å². The molecule has 1 aliphatic carbocycles. The number of H-pyrrole nitrogens is 1. The number of rotatable bonds is 0. The van der Waals surface area contributed by atoms with Gasteiger partial charge in [-0.15, -0.1) is 0 Å². The van der Waals surface area contributed by atoms with E-state index in [2.05, 4.69) is 4.98 Å². The Bertz CT molecular complexity index is 588. The van der Waals surface area contributed by atoms with Gasteiger partial charge in [-0.05, 0) is 30.2 Å². The van der Waals surface area contributed by atoms with E-state index in [9.17, 15) is 9.50 Å². The number of nitrogens with two attached hydrogens (primary N) is 1. The van der Waals surface area contributed by atoms with Gasteiger partial charge in [-0.3, -0.25) is 0 Å². The Hall–Kier alpha value is -1.39. The number of benzene rings is 1. The average Bonchev–Trinajstić information content (AvgIpc) is 2.55. The van der Waals surface area contributed by atoms with Crippen molar-refractivity contribution in [3.63, 3.8) is 0 Å². The van der Waals surface area contributed by atoms with E-state index < -0.39 is 5.72 Å². The minimum Gasteiger partial charge on any atom is -0.376 e. The fourth-order valence-corrected chi connectivity index (χ4v) is 2.86. The Kier molecular flexibility index (Phi) is 2.09. The Labute approximate surface area is 98.4 Å². The highest BCUT2D eigenvalue weighted by Gasteiger charge is 2.34. The average molecular weight is 234 g/mol. The summed E-state index contributed by atoms with van der Waals surface area (Å²) in [5.74, 6) is -0.109. The van der Waals surface area contributed by atoms with Gasteiger partial charge in [0.2, 0.25) is 0 Å². The Morgan fingerprint density at radius 2 is 2.29 bits per heavy atom. The lowest BCUT2D eigenvalue weighted by atomic mass is 9.82. The molecule has 0 amide bonds. The van der Waals surface area contributed by atoms with Crippen LogP contribution in [0.4, 0.5) is 4.39 Å². The van der Waals surface area contributed by atoms with E-state index in [1.54, 1.807) is 6.07 Å². The van der Waals surface area contributed by atoms with Crippen LogP contribution in [0.1, 0.15) is 30.5 Å². The van der Waals surface area contributed by atoms with Crippen LogP contribution in [0.25, 0.3) is 10.9 Å². The Morgan fingerprint density at radius 3 is 3.06 bits per heavy atom. The first-order valence-electron chi connectivity index (χ1n) is 5.77. The first-order chi connectivity index (χ1) is 7.96. The maximum atomic E-state index is 13.3. The summed E-state index contributed by atoms with van der Waals surface area (Å²) in [6, 6.07) is 4.66. The van der Waals surface area contributed by atoms with Gasteiger partial charge in [0.15, 0.2) is 0 Å². The summed E-state index contributed by atoms with van der Waals surface area (Å²) in [6.45, 7) is 2.02. The highest BCUT2D eigenvalue weighted by atomic mass is 19.1. The number of aliphatic hydroxyl groups is 1. The highest BCUT2D eigenvalue weighted by molar-refractivity contribution is 5.85. The zero-order chi connectivity index (χ0) is 12.2. The van der Waals surface area contributed by atoms with Crippen LogP contribution in [0.5, 0.6) is 0 Å². The lowest BCUT2D eigenvalue weighted by Crippen LogP contribution is -2.45. The van der Waals surface area contributed by atoms with Crippen LogP contribution in [0.2, 0.25) is 0 Å². The number of halogens is 1. The van der Waals surface area contributed by atoms with E-state index in [0.29, 0.717) is 12.8 Å². The highest BCUT2D eigenvalue weighted by Crippen LogP contribution is 2.38. The minimum absolute atomic E-state index is 0.157. The second kappa shape index (κ2) is 3.31. The quantitative estimate of drug-likeness (QED) is 0.610. The van der Waals surface area contributed by atoms with Crippen molar-refractivity contribution in [3.05, 3.63) is 35.3 Å². The standard InChI is InChI=1S/C13H15FN2O/c1-7-5-13(15,17)6-10-9-4-8(14)2-3-11(9)16-12(7)10/h2-4,7,16-17H,5-6,15H2,1H3. The summed E-state index contributed by atoms with van der Waals surface area (Å²) < 4.78 is 13.3. The van der Waals surface area contributed by atoms with Crippen LogP contribution in [0, 0.1) is 5.82 Å². The molecule has 3 rings (SSSR count). The Balaban J connectivity index is 2.26. The van der Waals surface area contributed by atoms with Crippen molar-refractivity contribution in [2.24, 2.45) is 5.73 Å². The molecule has 0 bridgehead atoms. The Morgan fingerprint density at radius 1 is 1.53 bits per heavy atom. The topological polar surface area (TPSA) is 62.0 Å². The van der Waals surface area contributed by atoms with Gasteiger partial charge in [-0.25, -0.2) is 4.39 Å². The molecule has 0 saturated carbocycles. The molecule has 0 fully saturated rings. The fourth-order valence-electron chi connectivity index (χ4n) is 2.86. The molecule has 4 heteroatoms. The molecule has 2 aromatic rings. The van der Waals surface area contributed by atoms with Gasteiger partial charge in [0.05, 0.1) is 0 Å². The summed E-state index contributed by atoms with van der Waals surface area (Å²) in [7, 11) is 0. The maximum absolute atomic E-state index is 13.3. The molecule has 1 heterocycles. The molecule has 0 radical (unpaired) electrons. The molecule has 1 aromatic carbocycles. The van der Waals surface area contributed by atoms with Crippen LogP contribution in [0.15, 0.2) is 18.2 Å². The van der Waals surface area contributed by atoms with Gasteiger partial charge in [0, 0.05) is 28.9 Å². The number of fused-ring (bicyclic) bond motifs is 3. The molecule has 4 N–H and O–H groups in total. The third-order valence-electron chi connectivity index (χ3n) is 3.54. The van der Waals surface area contributed by atoms with E-state index >= 15 is 0 Å². The number of aromatic nitrogens is 1. The summed E-state index contributed by atoms with van der Waals surface area (Å²) in [5, 5.41) is 10.8. The zero-order valence-electron chi connectivity index (χ0n) is 9.63. The van der Waals surface area contributed by atoms with E-state index in [1.807, 2.05) is 6.92 Å². The maximum Gasteiger partial charge on any atom is 0.123 e. The van der Waals surface area contributed by atoms with Crippen molar-refractivity contribution in [3.8, 4) is 0 Å². The second-order valence-corrected chi connectivity index (χ2v) is 5.09. The molecule has 2 atom stereocenters. The molecule has 0 saturated heterocycles. The number of nitrogens with one attached hydrogen (secondary N) is 1. The fraction of sp³-hybridized carbons (Fsp3) is 0.385. The monoisotopic (exact) mass is 234 g/mol. The van der Waals surface area contributed by atoms with Crippen LogP contribution < -0.4 is 5.73 Å². The van der Waals surface area contributed by atoms with Crippen molar-refractivity contribution in [2.75, 3.05) is 0 Å². The van der Waals surface area contributed by atoms with E-state index in [-0.39, 0.29) is 11.7 Å². The number of hydrogen-bond acceptors (Lipinski definition) is 2.